The summed E-state index contributed by atoms with van der Waals surface area (Å²) >= 11 is 0. The van der Waals surface area contributed by atoms with Crippen LogP contribution in [0.2, 0.25) is 0 Å². The maximum atomic E-state index is 13.1. The van der Waals surface area contributed by atoms with Crippen LogP contribution in [0.25, 0.3) is 0 Å². The van der Waals surface area contributed by atoms with Crippen molar-refractivity contribution in [2.75, 3.05) is 12.1 Å². The summed E-state index contributed by atoms with van der Waals surface area (Å²) in [5, 5.41) is 0. The van der Waals surface area contributed by atoms with Crippen LogP contribution in [0, 0.1) is 0 Å². The van der Waals surface area contributed by atoms with E-state index in [-0.39, 0.29) is 42.9 Å². The van der Waals surface area contributed by atoms with Crippen LogP contribution in [0.3, 0.4) is 0 Å². The summed E-state index contributed by atoms with van der Waals surface area (Å²) in [5.74, 6) is -0.171. The molecule has 3 aromatic rings. The lowest BCUT2D eigenvalue weighted by Crippen LogP contribution is -2.46. The fourth-order valence-electron chi connectivity index (χ4n) is 3.03. The summed E-state index contributed by atoms with van der Waals surface area (Å²) in [6, 6.07) is 20.7. The highest BCUT2D eigenvalue weighted by Crippen LogP contribution is 2.20. The minimum atomic E-state index is -0.311. The van der Waals surface area contributed by atoms with Gasteiger partial charge in [-0.15, -0.1) is 0 Å². The Labute approximate surface area is 169 Å². The van der Waals surface area contributed by atoms with Crippen LogP contribution >= 0.6 is 13.5 Å². The summed E-state index contributed by atoms with van der Waals surface area (Å²) in [6.07, 6.45) is 1.56. The van der Waals surface area contributed by atoms with Crippen LogP contribution in [-0.4, -0.2) is 22.2 Å². The molecular weight excluding hydrogens is 374 g/mol. The van der Waals surface area contributed by atoms with Crippen molar-refractivity contribution in [3.63, 3.8) is 0 Å². The quantitative estimate of drug-likeness (QED) is 0.722. The molecule has 7 heteroatoms. The average Bonchev–Trinajstić information content (AvgIpc) is 2.71. The molecule has 0 bridgehead atoms. The van der Waals surface area contributed by atoms with E-state index in [0.717, 1.165) is 11.1 Å². The number of amides is 1. The van der Waals surface area contributed by atoms with Crippen LogP contribution in [0.15, 0.2) is 77.7 Å². The number of carbonyl (C=O) groups is 1. The number of nitrogens with one attached hydrogen (secondary N) is 1. The predicted octanol–water partition coefficient (Wildman–Crippen LogP) is 2.70. The number of fused-ring (bicyclic) bond motifs is 1. The summed E-state index contributed by atoms with van der Waals surface area (Å²) in [6.45, 7) is 1.02. The van der Waals surface area contributed by atoms with Gasteiger partial charge in [0.1, 0.15) is 13.3 Å². The molecule has 1 aromatic heterocycles. The van der Waals surface area contributed by atoms with Gasteiger partial charge in [-0.2, -0.15) is 13.5 Å². The SMILES string of the molecule is O=C1c2c(OCc3ccccc3)c(=O)ccn2NCN1Cc1ccccc1.S. The molecule has 6 nitrogen and oxygen atoms in total. The number of aromatic nitrogens is 1. The maximum absolute atomic E-state index is 13.1. The third-order valence-electron chi connectivity index (χ3n) is 4.42. The molecule has 2 heterocycles. The number of benzene rings is 2. The third kappa shape index (κ3) is 4.04. The lowest BCUT2D eigenvalue weighted by atomic mass is 10.2. The molecular formula is C21H21N3O3S. The maximum Gasteiger partial charge on any atom is 0.278 e. The van der Waals surface area contributed by atoms with Crippen molar-refractivity contribution in [1.29, 1.82) is 0 Å². The predicted molar refractivity (Wildman–Crippen MR) is 112 cm³/mol. The molecule has 0 saturated heterocycles. The minimum Gasteiger partial charge on any atom is -0.482 e. The molecule has 1 aliphatic heterocycles. The first-order valence-corrected chi connectivity index (χ1v) is 8.72. The highest BCUT2D eigenvalue weighted by Gasteiger charge is 2.29. The van der Waals surface area contributed by atoms with E-state index in [1.165, 1.54) is 6.07 Å². The Kier molecular flexibility index (Phi) is 6.06. The van der Waals surface area contributed by atoms with E-state index < -0.39 is 0 Å². The molecule has 1 N–H and O–H groups in total. The number of carbonyl (C=O) groups excluding carboxylic acids is 1. The zero-order valence-electron chi connectivity index (χ0n) is 15.2. The lowest BCUT2D eigenvalue weighted by molar-refractivity contribution is 0.0706. The fraction of sp³-hybridized carbons (Fsp3) is 0.143. The van der Waals surface area contributed by atoms with Gasteiger partial charge in [0.25, 0.3) is 5.91 Å². The van der Waals surface area contributed by atoms with E-state index in [2.05, 4.69) is 5.43 Å². The summed E-state index contributed by atoms with van der Waals surface area (Å²) in [4.78, 5) is 27.1. The van der Waals surface area contributed by atoms with Crippen molar-refractivity contribution in [1.82, 2.24) is 9.58 Å². The number of nitrogens with zero attached hydrogens (tertiary/aromatic N) is 2. The molecule has 0 unspecified atom stereocenters. The van der Waals surface area contributed by atoms with Crippen LogP contribution in [0.1, 0.15) is 21.6 Å². The molecule has 0 aliphatic carbocycles. The highest BCUT2D eigenvalue weighted by atomic mass is 32.1. The average molecular weight is 395 g/mol. The van der Waals surface area contributed by atoms with E-state index >= 15 is 0 Å². The first kappa shape index (κ1) is 19.6. The van der Waals surface area contributed by atoms with Gasteiger partial charge in [-0.1, -0.05) is 60.7 Å². The molecule has 0 spiro atoms. The normalized spacial score (nSPS) is 12.6. The second-order valence-corrected chi connectivity index (χ2v) is 6.31. The first-order chi connectivity index (χ1) is 13.2. The lowest BCUT2D eigenvalue weighted by Gasteiger charge is -2.31. The van der Waals surface area contributed by atoms with Crippen molar-refractivity contribution in [3.8, 4) is 5.75 Å². The topological polar surface area (TPSA) is 63.6 Å². The van der Waals surface area contributed by atoms with Crippen LogP contribution in [0.5, 0.6) is 5.75 Å². The Balaban J connectivity index is 0.00000225. The third-order valence-corrected chi connectivity index (χ3v) is 4.42. The Bertz CT molecular complexity index is 1010. The minimum absolute atomic E-state index is 0. The molecule has 0 fully saturated rings. The number of rotatable bonds is 5. The molecule has 0 saturated carbocycles. The molecule has 28 heavy (non-hydrogen) atoms. The van der Waals surface area contributed by atoms with E-state index in [0.29, 0.717) is 13.2 Å². The van der Waals surface area contributed by atoms with Crippen LogP contribution in [0.4, 0.5) is 0 Å². The van der Waals surface area contributed by atoms with Crippen molar-refractivity contribution in [2.45, 2.75) is 13.2 Å². The van der Waals surface area contributed by atoms with E-state index in [4.69, 9.17) is 4.74 Å². The van der Waals surface area contributed by atoms with Crippen molar-refractivity contribution in [3.05, 3.63) is 100.0 Å². The first-order valence-electron chi connectivity index (χ1n) is 8.72. The van der Waals surface area contributed by atoms with E-state index in [1.807, 2.05) is 60.7 Å². The Morgan fingerprint density at radius 3 is 2.21 bits per heavy atom. The van der Waals surface area contributed by atoms with Crippen LogP contribution in [-0.2, 0) is 13.2 Å². The number of ether oxygens (including phenoxy) is 1. The highest BCUT2D eigenvalue weighted by molar-refractivity contribution is 7.59. The van der Waals surface area contributed by atoms with Crippen molar-refractivity contribution < 1.29 is 9.53 Å². The monoisotopic (exact) mass is 395 g/mol. The molecule has 0 atom stereocenters. The fourth-order valence-corrected chi connectivity index (χ4v) is 3.03. The zero-order chi connectivity index (χ0) is 18.6. The van der Waals surface area contributed by atoms with Gasteiger partial charge in [0.2, 0.25) is 5.43 Å². The summed E-state index contributed by atoms with van der Waals surface area (Å²) in [5.41, 5.74) is 4.99. The van der Waals surface area contributed by atoms with Gasteiger partial charge < -0.3 is 15.1 Å². The number of hydrogen-bond donors (Lipinski definition) is 1. The Morgan fingerprint density at radius 1 is 0.893 bits per heavy atom. The van der Waals surface area contributed by atoms with E-state index in [1.54, 1.807) is 15.8 Å². The van der Waals surface area contributed by atoms with Gasteiger partial charge in [-0.3, -0.25) is 14.3 Å². The Morgan fingerprint density at radius 2 is 1.54 bits per heavy atom. The molecule has 1 aliphatic rings. The van der Waals surface area contributed by atoms with Gasteiger partial charge in [0.05, 0.1) is 0 Å². The second-order valence-electron chi connectivity index (χ2n) is 6.31. The molecule has 2 aromatic carbocycles. The standard InChI is InChI=1S/C21H19N3O3.H2S/c25-18-11-12-24-19(20(18)27-14-17-9-5-2-6-10-17)21(26)23(15-22-24)13-16-7-3-1-4-8-16;/h1-12,22H,13-15H2;1H2. The number of pyridine rings is 1. The van der Waals surface area contributed by atoms with Gasteiger partial charge in [0, 0.05) is 18.8 Å². The molecule has 1 amide bonds. The zero-order valence-corrected chi connectivity index (χ0v) is 16.2. The van der Waals surface area contributed by atoms with Gasteiger partial charge in [-0.25, -0.2) is 0 Å². The van der Waals surface area contributed by atoms with Gasteiger partial charge in [-0.05, 0) is 11.1 Å². The van der Waals surface area contributed by atoms with E-state index in [9.17, 15) is 9.59 Å². The summed E-state index contributed by atoms with van der Waals surface area (Å²) < 4.78 is 7.33. The van der Waals surface area contributed by atoms with Crippen molar-refractivity contribution in [2.24, 2.45) is 0 Å². The molecule has 4 rings (SSSR count). The molecule has 144 valence electrons. The second kappa shape index (κ2) is 8.67. The van der Waals surface area contributed by atoms with Crippen LogP contribution < -0.4 is 15.6 Å². The van der Waals surface area contributed by atoms with Crippen molar-refractivity contribution >= 4 is 19.4 Å². The van der Waals surface area contributed by atoms with Gasteiger partial charge in [0.15, 0.2) is 11.4 Å². The molecule has 0 radical (unpaired) electrons. The number of hydrogen-bond acceptors (Lipinski definition) is 4. The van der Waals surface area contributed by atoms with Gasteiger partial charge >= 0.3 is 0 Å². The summed E-state index contributed by atoms with van der Waals surface area (Å²) in [7, 11) is 0. The largest absolute Gasteiger partial charge is 0.482 e. The smallest absolute Gasteiger partial charge is 0.278 e. The Hall–Kier alpha value is -3.19.